The van der Waals surface area contributed by atoms with Crippen molar-refractivity contribution in [1.82, 2.24) is 0 Å². The molecule has 0 amide bonds. The van der Waals surface area contributed by atoms with Gasteiger partial charge in [0, 0.05) is 0 Å². The molecule has 0 bridgehead atoms. The Morgan fingerprint density at radius 1 is 0.793 bits per heavy atom. The second-order valence-corrected chi connectivity index (χ2v) is 8.69. The van der Waals surface area contributed by atoms with E-state index in [0.717, 1.165) is 55.6 Å². The van der Waals surface area contributed by atoms with E-state index in [-0.39, 0.29) is 18.2 Å². The quantitative estimate of drug-likeness (QED) is 0.369. The van der Waals surface area contributed by atoms with Gasteiger partial charge in [-0.05, 0) is 74.1 Å². The predicted octanol–water partition coefficient (Wildman–Crippen LogP) is 8.52. The van der Waals surface area contributed by atoms with Gasteiger partial charge in [-0.3, -0.25) is 4.39 Å². The zero-order chi connectivity index (χ0) is 20.6. The normalized spacial score (nSPS) is 19.4. The van der Waals surface area contributed by atoms with Crippen LogP contribution in [0.5, 0.6) is 0 Å². The van der Waals surface area contributed by atoms with Crippen LogP contribution in [0, 0.1) is 24.5 Å². The SMILES string of the molecule is Cc1ccc(-c2c(F)cc(C3CCC(CCCCCCCF)CC3)cc2F)cc1. The summed E-state index contributed by atoms with van der Waals surface area (Å²) in [6.45, 7) is 1.76. The number of alkyl halides is 1. The average molecular weight is 403 g/mol. The average Bonchev–Trinajstić information content (AvgIpc) is 2.72. The van der Waals surface area contributed by atoms with Crippen LogP contribution in [0.25, 0.3) is 11.1 Å². The van der Waals surface area contributed by atoms with Gasteiger partial charge in [0.15, 0.2) is 0 Å². The minimum Gasteiger partial charge on any atom is -0.251 e. The number of halogens is 3. The van der Waals surface area contributed by atoms with Crippen molar-refractivity contribution in [3.05, 3.63) is 59.2 Å². The summed E-state index contributed by atoms with van der Waals surface area (Å²) in [6, 6.07) is 10.4. The van der Waals surface area contributed by atoms with Gasteiger partial charge in [-0.15, -0.1) is 0 Å². The minimum absolute atomic E-state index is 0.0789. The molecular weight excluding hydrogens is 369 g/mol. The zero-order valence-electron chi connectivity index (χ0n) is 17.5. The van der Waals surface area contributed by atoms with Crippen molar-refractivity contribution in [3.8, 4) is 11.1 Å². The molecule has 0 spiro atoms. The van der Waals surface area contributed by atoms with Gasteiger partial charge in [0.2, 0.25) is 0 Å². The van der Waals surface area contributed by atoms with Crippen LogP contribution in [0.3, 0.4) is 0 Å². The fourth-order valence-electron chi connectivity index (χ4n) is 4.67. The summed E-state index contributed by atoms with van der Waals surface area (Å²) in [7, 11) is 0. The van der Waals surface area contributed by atoms with Crippen LogP contribution in [0.15, 0.2) is 36.4 Å². The molecule has 1 saturated carbocycles. The van der Waals surface area contributed by atoms with Crippen LogP contribution in [-0.2, 0) is 0 Å². The fraction of sp³-hybridized carbons (Fsp3) is 0.538. The highest BCUT2D eigenvalue weighted by Crippen LogP contribution is 2.39. The van der Waals surface area contributed by atoms with Crippen LogP contribution < -0.4 is 0 Å². The summed E-state index contributed by atoms with van der Waals surface area (Å²) in [5.41, 5.74) is 2.55. The molecule has 0 saturated heterocycles. The number of benzene rings is 2. The van der Waals surface area contributed by atoms with E-state index in [2.05, 4.69) is 0 Å². The van der Waals surface area contributed by atoms with Crippen molar-refractivity contribution >= 4 is 0 Å². The number of hydrogen-bond donors (Lipinski definition) is 0. The molecule has 2 aromatic rings. The van der Waals surface area contributed by atoms with E-state index >= 15 is 0 Å². The third-order valence-electron chi connectivity index (χ3n) is 6.47. The third-order valence-corrected chi connectivity index (χ3v) is 6.47. The molecule has 0 aliphatic heterocycles. The van der Waals surface area contributed by atoms with Gasteiger partial charge >= 0.3 is 0 Å². The van der Waals surface area contributed by atoms with E-state index < -0.39 is 11.6 Å². The number of hydrogen-bond acceptors (Lipinski definition) is 0. The molecule has 0 unspecified atom stereocenters. The third kappa shape index (κ3) is 6.10. The van der Waals surface area contributed by atoms with Crippen molar-refractivity contribution in [3.63, 3.8) is 0 Å². The summed E-state index contributed by atoms with van der Waals surface area (Å²) in [6.07, 6.45) is 10.8. The molecule has 3 rings (SSSR count). The second kappa shape index (κ2) is 10.8. The van der Waals surface area contributed by atoms with Gasteiger partial charge in [-0.25, -0.2) is 8.78 Å². The van der Waals surface area contributed by atoms with Crippen molar-refractivity contribution < 1.29 is 13.2 Å². The van der Waals surface area contributed by atoms with Crippen LogP contribution in [0.1, 0.15) is 81.3 Å². The van der Waals surface area contributed by atoms with Gasteiger partial charge in [0.05, 0.1) is 12.2 Å². The molecule has 1 fully saturated rings. The maximum Gasteiger partial charge on any atom is 0.134 e. The first-order chi connectivity index (χ1) is 14.1. The molecular formula is C26H33F3. The summed E-state index contributed by atoms with van der Waals surface area (Å²) in [5, 5.41) is 0. The lowest BCUT2D eigenvalue weighted by molar-refractivity contribution is 0.301. The van der Waals surface area contributed by atoms with Crippen molar-refractivity contribution in [2.24, 2.45) is 5.92 Å². The predicted molar refractivity (Wildman–Crippen MR) is 115 cm³/mol. The zero-order valence-corrected chi connectivity index (χ0v) is 17.5. The first-order valence-corrected chi connectivity index (χ1v) is 11.2. The van der Waals surface area contributed by atoms with Crippen molar-refractivity contribution in [2.75, 3.05) is 6.67 Å². The smallest absolute Gasteiger partial charge is 0.134 e. The lowest BCUT2D eigenvalue weighted by Gasteiger charge is -2.29. The lowest BCUT2D eigenvalue weighted by Crippen LogP contribution is -2.14. The Kier molecular flexibility index (Phi) is 8.20. The first kappa shape index (κ1) is 21.9. The Labute approximate surface area is 173 Å². The minimum atomic E-state index is -0.459. The Morgan fingerprint density at radius 3 is 2.00 bits per heavy atom. The van der Waals surface area contributed by atoms with E-state index in [1.165, 1.54) is 19.3 Å². The standard InChI is InChI=1S/C26H33F3/c1-19-8-12-22(13-9-19)26-24(28)17-23(18-25(26)29)21-14-10-20(11-15-21)7-5-3-2-4-6-16-27/h8-9,12-13,17-18,20-21H,2-7,10-11,14-16H2,1H3. The van der Waals surface area contributed by atoms with Crippen LogP contribution in [0.4, 0.5) is 13.2 Å². The molecule has 0 N–H and O–H groups in total. The van der Waals surface area contributed by atoms with Crippen LogP contribution >= 0.6 is 0 Å². The number of aryl methyl sites for hydroxylation is 1. The van der Waals surface area contributed by atoms with E-state index in [0.29, 0.717) is 12.0 Å². The molecule has 0 nitrogen and oxygen atoms in total. The van der Waals surface area contributed by atoms with Gasteiger partial charge in [0.25, 0.3) is 0 Å². The molecule has 0 atom stereocenters. The fourth-order valence-corrected chi connectivity index (χ4v) is 4.67. The highest BCUT2D eigenvalue weighted by atomic mass is 19.1. The summed E-state index contributed by atoms with van der Waals surface area (Å²) < 4.78 is 41.6. The maximum absolute atomic E-state index is 14.8. The second-order valence-electron chi connectivity index (χ2n) is 8.69. The number of unbranched alkanes of at least 4 members (excludes halogenated alkanes) is 4. The van der Waals surface area contributed by atoms with Gasteiger partial charge in [0.1, 0.15) is 11.6 Å². The van der Waals surface area contributed by atoms with E-state index in [1.807, 2.05) is 19.1 Å². The largest absolute Gasteiger partial charge is 0.251 e. The summed E-state index contributed by atoms with van der Waals surface area (Å²) >= 11 is 0. The molecule has 0 aromatic heterocycles. The molecule has 158 valence electrons. The Bertz CT molecular complexity index is 735. The van der Waals surface area contributed by atoms with Crippen LogP contribution in [0.2, 0.25) is 0 Å². The maximum atomic E-state index is 14.8. The van der Waals surface area contributed by atoms with Gasteiger partial charge in [-0.1, -0.05) is 61.9 Å². The molecule has 1 aliphatic rings. The molecule has 1 aliphatic carbocycles. The highest BCUT2D eigenvalue weighted by molar-refractivity contribution is 5.65. The van der Waals surface area contributed by atoms with Gasteiger partial charge < -0.3 is 0 Å². The summed E-state index contributed by atoms with van der Waals surface area (Å²) in [5.74, 6) is 0.0688. The first-order valence-electron chi connectivity index (χ1n) is 11.2. The Hall–Kier alpha value is -1.77. The summed E-state index contributed by atoms with van der Waals surface area (Å²) in [4.78, 5) is 0. The molecule has 0 radical (unpaired) electrons. The Morgan fingerprint density at radius 2 is 1.38 bits per heavy atom. The van der Waals surface area contributed by atoms with E-state index in [1.54, 1.807) is 24.3 Å². The van der Waals surface area contributed by atoms with Crippen LogP contribution in [-0.4, -0.2) is 6.67 Å². The molecule has 2 aromatic carbocycles. The Balaban J connectivity index is 1.54. The topological polar surface area (TPSA) is 0 Å². The number of rotatable bonds is 9. The lowest BCUT2D eigenvalue weighted by atomic mass is 9.76. The van der Waals surface area contributed by atoms with Gasteiger partial charge in [-0.2, -0.15) is 0 Å². The van der Waals surface area contributed by atoms with Crippen molar-refractivity contribution in [1.29, 1.82) is 0 Å². The monoisotopic (exact) mass is 402 g/mol. The molecule has 0 heterocycles. The highest BCUT2D eigenvalue weighted by Gasteiger charge is 2.24. The van der Waals surface area contributed by atoms with E-state index in [4.69, 9.17) is 0 Å². The molecule has 3 heteroatoms. The van der Waals surface area contributed by atoms with E-state index in [9.17, 15) is 13.2 Å². The van der Waals surface area contributed by atoms with Crippen molar-refractivity contribution in [2.45, 2.75) is 77.0 Å². The molecule has 29 heavy (non-hydrogen) atoms.